The minimum atomic E-state index is -0.572. The van der Waals surface area contributed by atoms with Crippen molar-refractivity contribution < 1.29 is 14.6 Å². The van der Waals surface area contributed by atoms with Gasteiger partial charge in [0.25, 0.3) is 0 Å². The molecule has 0 saturated heterocycles. The highest BCUT2D eigenvalue weighted by molar-refractivity contribution is 6.30. The molecule has 0 heterocycles. The summed E-state index contributed by atoms with van der Waals surface area (Å²) in [5.41, 5.74) is 1.89. The number of aliphatic hydroxyl groups is 1. The minimum Gasteiger partial charge on any atom is -0.493 e. The summed E-state index contributed by atoms with van der Waals surface area (Å²) in [6.45, 7) is 1.08. The highest BCUT2D eigenvalue weighted by Gasteiger charge is 2.08. The van der Waals surface area contributed by atoms with Gasteiger partial charge in [0.15, 0.2) is 11.5 Å². The number of hydrogen-bond donors (Lipinski definition) is 2. The lowest BCUT2D eigenvalue weighted by Gasteiger charge is -2.13. The number of ether oxygens (including phenoxy) is 2. The van der Waals surface area contributed by atoms with Crippen LogP contribution in [0.2, 0.25) is 5.02 Å². The third-order valence-corrected chi connectivity index (χ3v) is 3.62. The summed E-state index contributed by atoms with van der Waals surface area (Å²) in [5, 5.41) is 14.0. The lowest BCUT2D eigenvalue weighted by atomic mass is 10.1. The van der Waals surface area contributed by atoms with Crippen LogP contribution in [0, 0.1) is 0 Å². The molecule has 0 spiro atoms. The standard InChI is InChI=1S/C17H20ClNO3/c1-21-16-8-3-12(9-17(16)22-2)10-19-11-15(20)13-4-6-14(18)7-5-13/h3-9,15,19-20H,10-11H2,1-2H3/t15-/m0/s1. The fourth-order valence-corrected chi connectivity index (χ4v) is 2.27. The van der Waals surface area contributed by atoms with Gasteiger partial charge in [-0.25, -0.2) is 0 Å². The van der Waals surface area contributed by atoms with Crippen LogP contribution in [0.15, 0.2) is 42.5 Å². The van der Waals surface area contributed by atoms with Crippen LogP contribution < -0.4 is 14.8 Å². The van der Waals surface area contributed by atoms with Crippen molar-refractivity contribution in [2.75, 3.05) is 20.8 Å². The topological polar surface area (TPSA) is 50.7 Å². The quantitative estimate of drug-likeness (QED) is 0.822. The van der Waals surface area contributed by atoms with Gasteiger partial charge >= 0.3 is 0 Å². The Hall–Kier alpha value is -1.75. The molecular formula is C17H20ClNO3. The monoisotopic (exact) mass is 321 g/mol. The summed E-state index contributed by atoms with van der Waals surface area (Å²) >= 11 is 5.83. The Morgan fingerprint density at radius 3 is 2.36 bits per heavy atom. The van der Waals surface area contributed by atoms with Gasteiger partial charge in [0.1, 0.15) is 0 Å². The molecule has 0 aliphatic rings. The molecular weight excluding hydrogens is 302 g/mol. The van der Waals surface area contributed by atoms with Crippen LogP contribution in [-0.4, -0.2) is 25.9 Å². The number of halogens is 1. The molecule has 0 unspecified atom stereocenters. The first-order chi connectivity index (χ1) is 10.6. The zero-order valence-electron chi connectivity index (χ0n) is 12.7. The van der Waals surface area contributed by atoms with Gasteiger partial charge in [0.2, 0.25) is 0 Å². The molecule has 0 aliphatic carbocycles. The smallest absolute Gasteiger partial charge is 0.161 e. The minimum absolute atomic E-state index is 0.454. The van der Waals surface area contributed by atoms with Crippen molar-refractivity contribution in [3.8, 4) is 11.5 Å². The average Bonchev–Trinajstić information content (AvgIpc) is 2.55. The Morgan fingerprint density at radius 2 is 1.73 bits per heavy atom. The summed E-state index contributed by atoms with van der Waals surface area (Å²) in [5.74, 6) is 1.40. The molecule has 5 heteroatoms. The number of methoxy groups -OCH3 is 2. The van der Waals surface area contributed by atoms with Crippen molar-refractivity contribution >= 4 is 11.6 Å². The number of benzene rings is 2. The molecule has 2 aromatic rings. The summed E-state index contributed by atoms with van der Waals surface area (Å²) < 4.78 is 10.5. The van der Waals surface area contributed by atoms with Gasteiger partial charge in [-0.15, -0.1) is 0 Å². The van der Waals surface area contributed by atoms with Crippen LogP contribution >= 0.6 is 11.6 Å². The maximum absolute atomic E-state index is 10.1. The lowest BCUT2D eigenvalue weighted by Crippen LogP contribution is -2.21. The van der Waals surface area contributed by atoms with E-state index in [1.807, 2.05) is 30.3 Å². The molecule has 0 bridgehead atoms. The molecule has 2 N–H and O–H groups in total. The summed E-state index contributed by atoms with van der Waals surface area (Å²) in [6.07, 6.45) is -0.572. The first-order valence-electron chi connectivity index (χ1n) is 6.99. The summed E-state index contributed by atoms with van der Waals surface area (Å²) in [7, 11) is 3.22. The fourth-order valence-electron chi connectivity index (χ4n) is 2.15. The molecule has 0 aromatic heterocycles. The highest BCUT2D eigenvalue weighted by atomic mass is 35.5. The normalized spacial score (nSPS) is 12.0. The van der Waals surface area contributed by atoms with Crippen LogP contribution in [0.4, 0.5) is 0 Å². The van der Waals surface area contributed by atoms with Crippen LogP contribution in [0.25, 0.3) is 0 Å². The molecule has 0 fully saturated rings. The van der Waals surface area contributed by atoms with E-state index in [0.717, 1.165) is 11.1 Å². The SMILES string of the molecule is COc1ccc(CNC[C@H](O)c2ccc(Cl)cc2)cc1OC. The van der Waals surface area contributed by atoms with Gasteiger partial charge in [-0.2, -0.15) is 0 Å². The molecule has 1 atom stereocenters. The molecule has 2 aromatic carbocycles. The molecule has 0 amide bonds. The van der Waals surface area contributed by atoms with E-state index in [4.69, 9.17) is 21.1 Å². The van der Waals surface area contributed by atoms with Crippen molar-refractivity contribution in [3.63, 3.8) is 0 Å². The molecule has 118 valence electrons. The van der Waals surface area contributed by atoms with Crippen LogP contribution in [0.3, 0.4) is 0 Å². The van der Waals surface area contributed by atoms with Crippen molar-refractivity contribution in [1.82, 2.24) is 5.32 Å². The number of aliphatic hydroxyl groups excluding tert-OH is 1. The fraction of sp³-hybridized carbons (Fsp3) is 0.294. The van der Waals surface area contributed by atoms with Gasteiger partial charge in [-0.05, 0) is 35.4 Å². The highest BCUT2D eigenvalue weighted by Crippen LogP contribution is 2.27. The van der Waals surface area contributed by atoms with Crippen LogP contribution in [0.5, 0.6) is 11.5 Å². The Labute approximate surface area is 135 Å². The molecule has 0 saturated carbocycles. The van der Waals surface area contributed by atoms with Crippen molar-refractivity contribution in [1.29, 1.82) is 0 Å². The average molecular weight is 322 g/mol. The van der Waals surface area contributed by atoms with Gasteiger partial charge in [0, 0.05) is 18.1 Å². The van der Waals surface area contributed by atoms with E-state index in [-0.39, 0.29) is 0 Å². The first kappa shape index (κ1) is 16.6. The lowest BCUT2D eigenvalue weighted by molar-refractivity contribution is 0.174. The maximum atomic E-state index is 10.1. The van der Waals surface area contributed by atoms with E-state index in [2.05, 4.69) is 5.32 Å². The Bertz CT molecular complexity index is 601. The number of nitrogens with one attached hydrogen (secondary N) is 1. The van der Waals surface area contributed by atoms with E-state index in [1.165, 1.54) is 0 Å². The largest absolute Gasteiger partial charge is 0.493 e. The van der Waals surface area contributed by atoms with Crippen molar-refractivity contribution in [2.45, 2.75) is 12.6 Å². The van der Waals surface area contributed by atoms with Gasteiger partial charge in [-0.1, -0.05) is 29.8 Å². The van der Waals surface area contributed by atoms with E-state index >= 15 is 0 Å². The predicted octanol–water partition coefficient (Wildman–Crippen LogP) is 3.18. The van der Waals surface area contributed by atoms with E-state index in [0.29, 0.717) is 29.6 Å². The second-order valence-electron chi connectivity index (χ2n) is 4.89. The zero-order chi connectivity index (χ0) is 15.9. The van der Waals surface area contributed by atoms with Gasteiger partial charge < -0.3 is 19.9 Å². The van der Waals surface area contributed by atoms with Crippen LogP contribution in [-0.2, 0) is 6.54 Å². The maximum Gasteiger partial charge on any atom is 0.161 e. The third kappa shape index (κ3) is 4.37. The Kier molecular flexibility index (Phi) is 6.07. The second-order valence-corrected chi connectivity index (χ2v) is 5.32. The second kappa shape index (κ2) is 8.03. The predicted molar refractivity (Wildman–Crippen MR) is 87.7 cm³/mol. The summed E-state index contributed by atoms with van der Waals surface area (Å²) in [6, 6.07) is 12.9. The molecule has 4 nitrogen and oxygen atoms in total. The molecule has 0 radical (unpaired) electrons. The summed E-state index contributed by atoms with van der Waals surface area (Å²) in [4.78, 5) is 0. The van der Waals surface area contributed by atoms with Crippen LogP contribution in [0.1, 0.15) is 17.2 Å². The Morgan fingerprint density at radius 1 is 1.05 bits per heavy atom. The van der Waals surface area contributed by atoms with Crippen molar-refractivity contribution in [3.05, 3.63) is 58.6 Å². The first-order valence-corrected chi connectivity index (χ1v) is 7.37. The number of rotatable bonds is 7. The third-order valence-electron chi connectivity index (χ3n) is 3.37. The van der Waals surface area contributed by atoms with E-state index in [1.54, 1.807) is 26.4 Å². The molecule has 22 heavy (non-hydrogen) atoms. The molecule has 2 rings (SSSR count). The van der Waals surface area contributed by atoms with E-state index in [9.17, 15) is 5.11 Å². The van der Waals surface area contributed by atoms with Gasteiger partial charge in [0.05, 0.1) is 20.3 Å². The Balaban J connectivity index is 1.89. The van der Waals surface area contributed by atoms with Gasteiger partial charge in [-0.3, -0.25) is 0 Å². The van der Waals surface area contributed by atoms with Crippen molar-refractivity contribution in [2.24, 2.45) is 0 Å². The van der Waals surface area contributed by atoms with E-state index < -0.39 is 6.10 Å². The molecule has 0 aliphatic heterocycles. The number of hydrogen-bond acceptors (Lipinski definition) is 4. The zero-order valence-corrected chi connectivity index (χ0v) is 13.4.